The van der Waals surface area contributed by atoms with Crippen LogP contribution >= 0.6 is 0 Å². The molecule has 0 bridgehead atoms. The fourth-order valence-corrected chi connectivity index (χ4v) is 6.37. The number of aryl methyl sites for hydroxylation is 1. The van der Waals surface area contributed by atoms with Crippen molar-refractivity contribution in [2.45, 2.75) is 32.2 Å². The molecule has 0 radical (unpaired) electrons. The average Bonchev–Trinajstić information content (AvgIpc) is 3.56. The Hall–Kier alpha value is -5.13. The number of piperidine rings is 1. The van der Waals surface area contributed by atoms with Crippen LogP contribution < -0.4 is 15.4 Å². The molecule has 1 atom stereocenters. The zero-order valence-electron chi connectivity index (χ0n) is 26.5. The number of piperazine rings is 1. The van der Waals surface area contributed by atoms with Gasteiger partial charge in [0.15, 0.2) is 29.6 Å². The minimum absolute atomic E-state index is 0.0114. The molecule has 2 saturated heterocycles. The number of fused-ring (bicyclic) bond motifs is 1. The van der Waals surface area contributed by atoms with Gasteiger partial charge in [0.2, 0.25) is 11.7 Å². The van der Waals surface area contributed by atoms with Crippen LogP contribution in [0.3, 0.4) is 0 Å². The molecule has 4 aromatic rings. The van der Waals surface area contributed by atoms with E-state index in [4.69, 9.17) is 10.00 Å². The van der Waals surface area contributed by atoms with Crippen molar-refractivity contribution in [1.82, 2.24) is 29.5 Å². The van der Waals surface area contributed by atoms with Crippen LogP contribution in [0.2, 0.25) is 0 Å². The molecule has 0 unspecified atom stereocenters. The van der Waals surface area contributed by atoms with Gasteiger partial charge >= 0.3 is 0 Å². The number of rotatable bonds is 9. The minimum atomic E-state index is -1.20. The predicted molar refractivity (Wildman–Crippen MR) is 173 cm³/mol. The third-order valence-corrected chi connectivity index (χ3v) is 8.94. The lowest BCUT2D eigenvalue weighted by molar-refractivity contribution is -0.138. The summed E-state index contributed by atoms with van der Waals surface area (Å²) in [6.45, 7) is 4.30. The lowest BCUT2D eigenvalue weighted by Gasteiger charge is -2.38. The van der Waals surface area contributed by atoms with Crippen LogP contribution in [0.25, 0.3) is 16.9 Å². The number of hydrogen-bond acceptors (Lipinski definition) is 9. The number of halogens is 2. The zero-order chi connectivity index (χ0) is 33.8. The van der Waals surface area contributed by atoms with Crippen LogP contribution in [0.1, 0.15) is 35.7 Å². The molecule has 2 aromatic heterocycles. The molecule has 0 aliphatic carbocycles. The SMILES string of the molecule is CCc1cc(Nc2nccn3c(-c4ccc(OCC#N)c(F)c4F)cnc23)ccc1C(=O)N1CCC(C(=O)N2CCN[C@H](CO)C2)CC1. The minimum Gasteiger partial charge on any atom is -0.476 e. The van der Waals surface area contributed by atoms with E-state index in [1.807, 2.05) is 17.9 Å². The van der Waals surface area contributed by atoms with Crippen molar-refractivity contribution in [3.8, 4) is 23.1 Å². The van der Waals surface area contributed by atoms with Crippen molar-refractivity contribution in [2.24, 2.45) is 5.92 Å². The van der Waals surface area contributed by atoms with Gasteiger partial charge in [0.1, 0.15) is 6.07 Å². The number of aromatic nitrogens is 3. The zero-order valence-corrected chi connectivity index (χ0v) is 26.5. The van der Waals surface area contributed by atoms with E-state index in [0.29, 0.717) is 80.4 Å². The van der Waals surface area contributed by atoms with Gasteiger partial charge in [-0.3, -0.25) is 14.0 Å². The highest BCUT2D eigenvalue weighted by atomic mass is 19.2. The lowest BCUT2D eigenvalue weighted by atomic mass is 9.93. The maximum Gasteiger partial charge on any atom is 0.254 e. The third kappa shape index (κ3) is 6.51. The second kappa shape index (κ2) is 14.3. The van der Waals surface area contributed by atoms with Crippen LogP contribution in [0, 0.1) is 28.9 Å². The molecule has 12 nitrogen and oxygen atoms in total. The number of likely N-dealkylation sites (tertiary alicyclic amines) is 1. The fraction of sp³-hybridized carbons (Fsp3) is 0.382. The fourth-order valence-electron chi connectivity index (χ4n) is 6.37. The van der Waals surface area contributed by atoms with Crippen LogP contribution in [0.15, 0.2) is 48.9 Å². The Bertz CT molecular complexity index is 1870. The van der Waals surface area contributed by atoms with Crippen molar-refractivity contribution >= 4 is 29.0 Å². The molecule has 4 heterocycles. The van der Waals surface area contributed by atoms with E-state index >= 15 is 4.39 Å². The summed E-state index contributed by atoms with van der Waals surface area (Å²) in [5.41, 5.74) is 2.74. The number of imidazole rings is 1. The molecule has 2 aliphatic rings. The average molecular weight is 659 g/mol. The molecule has 2 aromatic carbocycles. The molecule has 250 valence electrons. The highest BCUT2D eigenvalue weighted by molar-refractivity contribution is 5.96. The molecule has 0 saturated carbocycles. The standard InChI is InChI=1S/C34H36F2N8O4/c1-2-21-17-23(3-4-25(21)34(47)42-12-7-22(8-13-42)33(46)43-14-10-38-24(19-43)20-45)41-31-32-40-18-27(44(32)15-11-39-31)26-5-6-28(48-16-9-37)30(36)29(26)35/h3-6,11,15,17-18,22,24,38,45H,2,7-8,10,12-14,16,19-20H2,1H3,(H,39,41)/t24-/m0/s1. The Morgan fingerprint density at radius 2 is 1.94 bits per heavy atom. The summed E-state index contributed by atoms with van der Waals surface area (Å²) < 4.78 is 36.2. The van der Waals surface area contributed by atoms with E-state index in [1.54, 1.807) is 33.7 Å². The number of nitrogens with zero attached hydrogens (tertiary/aromatic N) is 6. The molecule has 0 spiro atoms. The number of carbonyl (C=O) groups is 2. The van der Waals surface area contributed by atoms with Gasteiger partial charge in [0, 0.05) is 73.9 Å². The summed E-state index contributed by atoms with van der Waals surface area (Å²) in [7, 11) is 0. The maximum atomic E-state index is 15.0. The Morgan fingerprint density at radius 3 is 2.69 bits per heavy atom. The summed E-state index contributed by atoms with van der Waals surface area (Å²) in [5.74, 6) is -2.43. The third-order valence-electron chi connectivity index (χ3n) is 8.94. The molecule has 14 heteroatoms. The topological polar surface area (TPSA) is 148 Å². The van der Waals surface area contributed by atoms with Gasteiger partial charge in [-0.15, -0.1) is 0 Å². The second-order valence-electron chi connectivity index (χ2n) is 11.8. The molecule has 2 aliphatic heterocycles. The van der Waals surface area contributed by atoms with E-state index in [2.05, 4.69) is 20.6 Å². The van der Waals surface area contributed by atoms with E-state index in [0.717, 1.165) is 5.56 Å². The van der Waals surface area contributed by atoms with Crippen molar-refractivity contribution in [3.63, 3.8) is 0 Å². The summed E-state index contributed by atoms with van der Waals surface area (Å²) in [6, 6.07) is 9.70. The van der Waals surface area contributed by atoms with Gasteiger partial charge in [0.05, 0.1) is 18.5 Å². The van der Waals surface area contributed by atoms with Crippen LogP contribution in [0.5, 0.6) is 5.75 Å². The van der Waals surface area contributed by atoms with E-state index in [-0.39, 0.29) is 41.7 Å². The first kappa shape index (κ1) is 32.8. The number of aliphatic hydroxyl groups is 1. The van der Waals surface area contributed by atoms with Crippen LogP contribution in [-0.2, 0) is 11.2 Å². The van der Waals surface area contributed by atoms with Crippen LogP contribution in [-0.4, -0.2) is 93.1 Å². The number of anilines is 2. The number of hydrogen-bond donors (Lipinski definition) is 3. The van der Waals surface area contributed by atoms with Crippen molar-refractivity contribution in [3.05, 3.63) is 71.7 Å². The number of aliphatic hydroxyl groups excluding tert-OH is 1. The second-order valence-corrected chi connectivity index (χ2v) is 11.8. The lowest BCUT2D eigenvalue weighted by Crippen LogP contribution is -2.56. The molecule has 2 amide bonds. The van der Waals surface area contributed by atoms with Gasteiger partial charge in [-0.1, -0.05) is 6.92 Å². The Morgan fingerprint density at radius 1 is 1.12 bits per heavy atom. The Balaban J connectivity index is 1.15. The maximum absolute atomic E-state index is 15.0. The first-order valence-corrected chi connectivity index (χ1v) is 15.9. The van der Waals surface area contributed by atoms with Gasteiger partial charge in [0.25, 0.3) is 5.91 Å². The molecule has 48 heavy (non-hydrogen) atoms. The monoisotopic (exact) mass is 658 g/mol. The number of ether oxygens (including phenoxy) is 1. The number of benzene rings is 2. The normalized spacial score (nSPS) is 16.9. The summed E-state index contributed by atoms with van der Waals surface area (Å²) in [5, 5.41) is 24.6. The Kier molecular flexibility index (Phi) is 9.79. The summed E-state index contributed by atoms with van der Waals surface area (Å²) in [4.78, 5) is 39.2. The van der Waals surface area contributed by atoms with Crippen LogP contribution in [0.4, 0.5) is 20.3 Å². The molecule has 3 N–H and O–H groups in total. The highest BCUT2D eigenvalue weighted by Gasteiger charge is 2.33. The number of nitrogens with one attached hydrogen (secondary N) is 2. The van der Waals surface area contributed by atoms with Crippen molar-refractivity contribution < 1.29 is 28.2 Å². The number of nitriles is 1. The van der Waals surface area contributed by atoms with E-state index in [1.165, 1.54) is 24.5 Å². The first-order chi connectivity index (χ1) is 23.3. The molecular weight excluding hydrogens is 622 g/mol. The smallest absolute Gasteiger partial charge is 0.254 e. The Labute approximate surface area is 276 Å². The predicted octanol–water partition coefficient (Wildman–Crippen LogP) is 3.53. The van der Waals surface area contributed by atoms with Gasteiger partial charge in [-0.05, 0) is 55.2 Å². The largest absolute Gasteiger partial charge is 0.476 e. The number of carbonyl (C=O) groups excluding carboxylic acids is 2. The molecular formula is C34H36F2N8O4. The van der Waals surface area contributed by atoms with E-state index in [9.17, 15) is 19.1 Å². The van der Waals surface area contributed by atoms with E-state index < -0.39 is 18.2 Å². The molecule has 2 fully saturated rings. The van der Waals surface area contributed by atoms with Gasteiger partial charge < -0.3 is 30.3 Å². The van der Waals surface area contributed by atoms with Crippen molar-refractivity contribution in [1.29, 1.82) is 5.26 Å². The quantitative estimate of drug-likeness (QED) is 0.246. The van der Waals surface area contributed by atoms with Gasteiger partial charge in [-0.25, -0.2) is 14.4 Å². The summed E-state index contributed by atoms with van der Waals surface area (Å²) in [6.07, 6.45) is 6.31. The van der Waals surface area contributed by atoms with Gasteiger partial charge in [-0.2, -0.15) is 9.65 Å². The summed E-state index contributed by atoms with van der Waals surface area (Å²) >= 11 is 0. The highest BCUT2D eigenvalue weighted by Crippen LogP contribution is 2.32. The van der Waals surface area contributed by atoms with Crippen molar-refractivity contribution in [2.75, 3.05) is 51.3 Å². The first-order valence-electron chi connectivity index (χ1n) is 15.9. The molecule has 6 rings (SSSR count). The number of amides is 2.